The van der Waals surface area contributed by atoms with Crippen LogP contribution in [0, 0.1) is 0 Å². The fourth-order valence-electron chi connectivity index (χ4n) is 3.89. The number of carbonyl (C=O) groups is 2. The average molecular weight is 452 g/mol. The number of aliphatic hydroxyl groups excluding tert-OH is 1. The number of carbonyl (C=O) groups excluding carboxylic acids is 2. The van der Waals surface area contributed by atoms with Gasteiger partial charge in [-0.25, -0.2) is 0 Å². The molecule has 176 valence electrons. The summed E-state index contributed by atoms with van der Waals surface area (Å²) in [6.45, 7) is 7.64. The van der Waals surface area contributed by atoms with Crippen LogP contribution in [0.15, 0.2) is 54.1 Å². The summed E-state index contributed by atoms with van der Waals surface area (Å²) in [5.41, 5.74) is 1.27. The molecule has 1 heterocycles. The second-order valence-corrected chi connectivity index (χ2v) is 8.14. The van der Waals surface area contributed by atoms with Crippen LogP contribution in [0.3, 0.4) is 0 Å². The van der Waals surface area contributed by atoms with E-state index in [1.165, 1.54) is 0 Å². The van der Waals surface area contributed by atoms with E-state index in [2.05, 4.69) is 0 Å². The first-order valence-corrected chi connectivity index (χ1v) is 11.8. The number of Topliss-reactive ketones (excluding diaryl/α,β-unsaturated/α-hetero) is 1. The third-order valence-corrected chi connectivity index (χ3v) is 5.52. The lowest BCUT2D eigenvalue weighted by atomic mass is 9.95. The number of benzene rings is 2. The van der Waals surface area contributed by atoms with Crippen molar-refractivity contribution in [3.63, 3.8) is 0 Å². The zero-order chi connectivity index (χ0) is 23.8. The molecule has 6 heteroatoms. The Labute approximate surface area is 195 Å². The molecule has 1 atom stereocenters. The number of unbranched alkanes of at least 4 members (excludes halogenated alkanes) is 1. The van der Waals surface area contributed by atoms with Crippen LogP contribution >= 0.6 is 0 Å². The lowest BCUT2D eigenvalue weighted by molar-refractivity contribution is -0.139. The minimum absolute atomic E-state index is 0.0939. The second kappa shape index (κ2) is 11.5. The topological polar surface area (TPSA) is 76.1 Å². The first-order valence-electron chi connectivity index (χ1n) is 11.8. The maximum atomic E-state index is 13.1. The number of nitrogens with zero attached hydrogens (tertiary/aromatic N) is 1. The van der Waals surface area contributed by atoms with Gasteiger partial charge in [0.05, 0.1) is 24.8 Å². The van der Waals surface area contributed by atoms with E-state index in [0.717, 1.165) is 31.2 Å². The van der Waals surface area contributed by atoms with Gasteiger partial charge in [0.15, 0.2) is 0 Å². The molecule has 0 bridgehead atoms. The highest BCUT2D eigenvalue weighted by Crippen LogP contribution is 2.40. The van der Waals surface area contributed by atoms with Crippen molar-refractivity contribution in [2.45, 2.75) is 52.5 Å². The zero-order valence-corrected chi connectivity index (χ0v) is 19.7. The van der Waals surface area contributed by atoms with Gasteiger partial charge in [-0.15, -0.1) is 0 Å². The molecule has 2 aromatic carbocycles. The van der Waals surface area contributed by atoms with Gasteiger partial charge in [-0.05, 0) is 49.1 Å². The molecule has 6 nitrogen and oxygen atoms in total. The lowest BCUT2D eigenvalue weighted by Gasteiger charge is -2.25. The molecule has 0 saturated carbocycles. The van der Waals surface area contributed by atoms with Crippen LogP contribution in [0.25, 0.3) is 5.76 Å². The van der Waals surface area contributed by atoms with Gasteiger partial charge in [-0.3, -0.25) is 9.59 Å². The molecule has 1 saturated heterocycles. The monoisotopic (exact) mass is 451 g/mol. The Morgan fingerprint density at radius 3 is 2.18 bits per heavy atom. The zero-order valence-electron chi connectivity index (χ0n) is 19.7. The van der Waals surface area contributed by atoms with E-state index >= 15 is 0 Å². The van der Waals surface area contributed by atoms with Gasteiger partial charge in [-0.1, -0.05) is 51.5 Å². The Hall–Kier alpha value is -3.28. The van der Waals surface area contributed by atoms with Crippen molar-refractivity contribution in [1.82, 2.24) is 4.90 Å². The summed E-state index contributed by atoms with van der Waals surface area (Å²) in [6.07, 6.45) is 3.37. The Bertz CT molecular complexity index is 1010. The summed E-state index contributed by atoms with van der Waals surface area (Å²) in [5, 5.41) is 11.2. The van der Waals surface area contributed by atoms with Crippen LogP contribution in [-0.4, -0.2) is 41.5 Å². The van der Waals surface area contributed by atoms with Gasteiger partial charge in [-0.2, -0.15) is 0 Å². The van der Waals surface area contributed by atoms with Crippen LogP contribution in [0.1, 0.15) is 63.6 Å². The maximum Gasteiger partial charge on any atom is 0.295 e. The molecule has 33 heavy (non-hydrogen) atoms. The lowest BCUT2D eigenvalue weighted by Crippen LogP contribution is -2.30. The highest BCUT2D eigenvalue weighted by atomic mass is 16.5. The molecule has 1 fully saturated rings. The summed E-state index contributed by atoms with van der Waals surface area (Å²) in [7, 11) is 0. The molecular formula is C27H33NO5. The smallest absolute Gasteiger partial charge is 0.295 e. The number of amides is 1. The van der Waals surface area contributed by atoms with E-state index in [-0.39, 0.29) is 11.3 Å². The van der Waals surface area contributed by atoms with E-state index in [4.69, 9.17) is 9.47 Å². The second-order valence-electron chi connectivity index (χ2n) is 8.14. The number of aliphatic hydroxyl groups is 1. The first-order chi connectivity index (χ1) is 16.0. The fourth-order valence-corrected chi connectivity index (χ4v) is 3.89. The van der Waals surface area contributed by atoms with Crippen molar-refractivity contribution >= 4 is 17.4 Å². The normalized spacial score (nSPS) is 17.4. The van der Waals surface area contributed by atoms with Crippen molar-refractivity contribution < 1.29 is 24.2 Å². The molecule has 0 aliphatic carbocycles. The van der Waals surface area contributed by atoms with Crippen LogP contribution in [0.4, 0.5) is 0 Å². The molecule has 2 aromatic rings. The third kappa shape index (κ3) is 5.56. The third-order valence-electron chi connectivity index (χ3n) is 5.52. The van der Waals surface area contributed by atoms with Crippen molar-refractivity contribution in [3.05, 3.63) is 65.2 Å². The highest BCUT2D eigenvalue weighted by Gasteiger charge is 2.45. The summed E-state index contributed by atoms with van der Waals surface area (Å²) in [6, 6.07) is 13.7. The van der Waals surface area contributed by atoms with Gasteiger partial charge in [0.25, 0.3) is 11.7 Å². The Kier molecular flexibility index (Phi) is 8.52. The van der Waals surface area contributed by atoms with E-state index in [0.29, 0.717) is 36.8 Å². The molecular weight excluding hydrogens is 418 g/mol. The fraction of sp³-hybridized carbons (Fsp3) is 0.407. The number of hydrogen-bond acceptors (Lipinski definition) is 5. The molecule has 1 amide bonds. The molecule has 0 aromatic heterocycles. The number of ketones is 1. The van der Waals surface area contributed by atoms with Gasteiger partial charge < -0.3 is 19.5 Å². The molecule has 1 unspecified atom stereocenters. The predicted molar refractivity (Wildman–Crippen MR) is 128 cm³/mol. The van der Waals surface area contributed by atoms with E-state index < -0.39 is 17.7 Å². The Morgan fingerprint density at radius 2 is 1.55 bits per heavy atom. The number of rotatable bonds is 11. The molecule has 0 spiro atoms. The van der Waals surface area contributed by atoms with E-state index in [9.17, 15) is 14.7 Å². The SMILES string of the molecule is CCCCN1C(=O)C(=O)/C(=C(\O)c2cccc(OCCC)c2)C1c1cccc(OCCC)c1. The number of hydrogen-bond donors (Lipinski definition) is 1. The number of ether oxygens (including phenoxy) is 2. The number of likely N-dealkylation sites (tertiary alicyclic amines) is 1. The standard InChI is InChI=1S/C27H33NO5/c1-4-7-14-28-24(19-10-8-12-21(17-19)32-15-5-2)23(26(30)27(28)31)25(29)20-11-9-13-22(18-20)33-16-6-3/h8-13,17-18,24,29H,4-7,14-16H2,1-3H3/b25-23-. The molecule has 1 aliphatic heterocycles. The van der Waals surface area contributed by atoms with Crippen LogP contribution in [0.2, 0.25) is 0 Å². The predicted octanol–water partition coefficient (Wildman–Crippen LogP) is 5.49. The molecule has 1 N–H and O–H groups in total. The van der Waals surface area contributed by atoms with Crippen molar-refractivity contribution in [1.29, 1.82) is 0 Å². The van der Waals surface area contributed by atoms with E-state index in [1.54, 1.807) is 29.2 Å². The highest BCUT2D eigenvalue weighted by molar-refractivity contribution is 6.46. The van der Waals surface area contributed by atoms with E-state index in [1.807, 2.05) is 45.0 Å². The van der Waals surface area contributed by atoms with Crippen molar-refractivity contribution in [2.75, 3.05) is 19.8 Å². The largest absolute Gasteiger partial charge is 0.507 e. The summed E-state index contributed by atoms with van der Waals surface area (Å²) >= 11 is 0. The van der Waals surface area contributed by atoms with Crippen molar-refractivity contribution in [3.8, 4) is 11.5 Å². The van der Waals surface area contributed by atoms with Gasteiger partial charge in [0.1, 0.15) is 17.3 Å². The Morgan fingerprint density at radius 1 is 0.909 bits per heavy atom. The van der Waals surface area contributed by atoms with Crippen molar-refractivity contribution in [2.24, 2.45) is 0 Å². The molecule has 1 aliphatic rings. The van der Waals surface area contributed by atoms with Gasteiger partial charge in [0, 0.05) is 12.1 Å². The van der Waals surface area contributed by atoms with Gasteiger partial charge in [0.2, 0.25) is 0 Å². The molecule has 3 rings (SSSR count). The molecule has 0 radical (unpaired) electrons. The summed E-state index contributed by atoms with van der Waals surface area (Å²) in [5.74, 6) is -0.182. The average Bonchev–Trinajstić information content (AvgIpc) is 3.09. The minimum atomic E-state index is -0.679. The maximum absolute atomic E-state index is 13.1. The first kappa shape index (κ1) is 24.4. The van der Waals surface area contributed by atoms with Crippen LogP contribution in [-0.2, 0) is 9.59 Å². The quantitative estimate of drug-likeness (QED) is 0.278. The van der Waals surface area contributed by atoms with Crippen LogP contribution < -0.4 is 9.47 Å². The Balaban J connectivity index is 2.09. The van der Waals surface area contributed by atoms with Gasteiger partial charge >= 0.3 is 0 Å². The minimum Gasteiger partial charge on any atom is -0.507 e. The van der Waals surface area contributed by atoms with Crippen LogP contribution in [0.5, 0.6) is 11.5 Å². The summed E-state index contributed by atoms with van der Waals surface area (Å²) < 4.78 is 11.5. The summed E-state index contributed by atoms with van der Waals surface area (Å²) in [4.78, 5) is 27.7.